The lowest BCUT2D eigenvalue weighted by molar-refractivity contribution is 0.0183. The van der Waals surface area contributed by atoms with E-state index < -0.39 is 5.60 Å². The minimum atomic E-state index is -0.395. The Labute approximate surface area is 129 Å². The van der Waals surface area contributed by atoms with Crippen LogP contribution in [-0.2, 0) is 4.74 Å². The lowest BCUT2D eigenvalue weighted by Gasteiger charge is -2.34. The zero-order chi connectivity index (χ0) is 15.5. The summed E-state index contributed by atoms with van der Waals surface area (Å²) in [6, 6.07) is 0.717. The number of hydrogen-bond donors (Lipinski definition) is 1. The standard InChI is InChI=1S/C17H32N2O2/c1-5-15(14-6-7-14)18-12-13-8-10-19(11-9-13)16(20)21-17(2,3)4/h13-15,18H,5-12H2,1-4H3. The molecule has 1 aliphatic carbocycles. The molecule has 2 rings (SSSR count). The normalized spacial score (nSPS) is 22.2. The van der Waals surface area contributed by atoms with Crippen LogP contribution in [0.2, 0.25) is 0 Å². The highest BCUT2D eigenvalue weighted by atomic mass is 16.6. The van der Waals surface area contributed by atoms with Gasteiger partial charge in [0.25, 0.3) is 0 Å². The number of carbonyl (C=O) groups excluding carboxylic acids is 1. The van der Waals surface area contributed by atoms with E-state index in [1.165, 1.54) is 19.3 Å². The van der Waals surface area contributed by atoms with E-state index in [-0.39, 0.29) is 6.09 Å². The Kier molecular flexibility index (Phi) is 5.53. The number of rotatable bonds is 5. The fourth-order valence-electron chi connectivity index (χ4n) is 3.11. The summed E-state index contributed by atoms with van der Waals surface area (Å²) >= 11 is 0. The van der Waals surface area contributed by atoms with E-state index in [2.05, 4.69) is 12.2 Å². The van der Waals surface area contributed by atoms with Gasteiger partial charge in [-0.3, -0.25) is 0 Å². The van der Waals surface area contributed by atoms with Gasteiger partial charge in [-0.15, -0.1) is 0 Å². The van der Waals surface area contributed by atoms with E-state index in [0.29, 0.717) is 12.0 Å². The molecule has 1 amide bonds. The lowest BCUT2D eigenvalue weighted by Crippen LogP contribution is -2.44. The average molecular weight is 296 g/mol. The maximum atomic E-state index is 12.0. The monoisotopic (exact) mass is 296 g/mol. The van der Waals surface area contributed by atoms with Crippen LogP contribution in [0.25, 0.3) is 0 Å². The van der Waals surface area contributed by atoms with Crippen LogP contribution in [0.1, 0.15) is 59.8 Å². The zero-order valence-corrected chi connectivity index (χ0v) is 14.2. The van der Waals surface area contributed by atoms with Crippen molar-refractivity contribution in [2.24, 2.45) is 11.8 Å². The first-order valence-electron chi connectivity index (χ1n) is 8.60. The second-order valence-electron chi connectivity index (χ2n) is 7.67. The first-order valence-corrected chi connectivity index (χ1v) is 8.60. The van der Waals surface area contributed by atoms with Crippen LogP contribution in [0.4, 0.5) is 4.79 Å². The molecule has 2 aliphatic rings. The lowest BCUT2D eigenvalue weighted by atomic mass is 9.96. The highest BCUT2D eigenvalue weighted by molar-refractivity contribution is 5.68. The van der Waals surface area contributed by atoms with Gasteiger partial charge in [-0.05, 0) is 71.3 Å². The van der Waals surface area contributed by atoms with Crippen molar-refractivity contribution in [3.8, 4) is 0 Å². The summed E-state index contributed by atoms with van der Waals surface area (Å²) in [5.74, 6) is 1.63. The van der Waals surface area contributed by atoms with Gasteiger partial charge in [0.2, 0.25) is 0 Å². The Morgan fingerprint density at radius 1 is 1.24 bits per heavy atom. The molecule has 1 heterocycles. The van der Waals surface area contributed by atoms with E-state index >= 15 is 0 Å². The molecule has 1 saturated carbocycles. The van der Waals surface area contributed by atoms with Crippen molar-refractivity contribution in [1.82, 2.24) is 10.2 Å². The third-order valence-electron chi connectivity index (χ3n) is 4.57. The van der Waals surface area contributed by atoms with E-state index in [4.69, 9.17) is 4.74 Å². The quantitative estimate of drug-likeness (QED) is 0.845. The minimum absolute atomic E-state index is 0.154. The van der Waals surface area contributed by atoms with Gasteiger partial charge in [-0.2, -0.15) is 0 Å². The van der Waals surface area contributed by atoms with Crippen LogP contribution >= 0.6 is 0 Å². The summed E-state index contributed by atoms with van der Waals surface area (Å²) in [4.78, 5) is 13.9. The number of likely N-dealkylation sites (tertiary alicyclic amines) is 1. The molecule has 2 fully saturated rings. The van der Waals surface area contributed by atoms with Gasteiger partial charge in [-0.25, -0.2) is 4.79 Å². The molecule has 122 valence electrons. The zero-order valence-electron chi connectivity index (χ0n) is 14.2. The van der Waals surface area contributed by atoms with E-state index in [9.17, 15) is 4.79 Å². The fraction of sp³-hybridized carbons (Fsp3) is 0.941. The summed E-state index contributed by atoms with van der Waals surface area (Å²) in [7, 11) is 0. The molecule has 0 aromatic heterocycles. The molecule has 0 aromatic rings. The van der Waals surface area contributed by atoms with Crippen LogP contribution in [0.15, 0.2) is 0 Å². The molecule has 4 heteroatoms. The van der Waals surface area contributed by atoms with Gasteiger partial charge >= 0.3 is 6.09 Å². The number of nitrogens with one attached hydrogen (secondary N) is 1. The Morgan fingerprint density at radius 3 is 2.33 bits per heavy atom. The molecule has 1 N–H and O–H groups in total. The molecular formula is C17H32N2O2. The molecule has 21 heavy (non-hydrogen) atoms. The number of amides is 1. The highest BCUT2D eigenvalue weighted by Gasteiger charge is 2.31. The van der Waals surface area contributed by atoms with E-state index in [1.54, 1.807) is 0 Å². The van der Waals surface area contributed by atoms with Crippen molar-refractivity contribution < 1.29 is 9.53 Å². The first-order chi connectivity index (χ1) is 9.89. The highest BCUT2D eigenvalue weighted by Crippen LogP contribution is 2.34. The Bertz CT molecular complexity index is 339. The first kappa shape index (κ1) is 16.6. The summed E-state index contributed by atoms with van der Waals surface area (Å²) in [6.07, 6.45) is 6.08. The predicted octanol–water partition coefficient (Wildman–Crippen LogP) is 3.41. The molecule has 0 radical (unpaired) electrons. The Morgan fingerprint density at radius 2 is 1.86 bits per heavy atom. The fourth-order valence-corrected chi connectivity index (χ4v) is 3.11. The summed E-state index contributed by atoms with van der Waals surface area (Å²) in [5, 5.41) is 3.75. The van der Waals surface area contributed by atoms with Gasteiger partial charge in [0.15, 0.2) is 0 Å². The summed E-state index contributed by atoms with van der Waals surface area (Å²) < 4.78 is 5.44. The van der Waals surface area contributed by atoms with Gasteiger partial charge in [0, 0.05) is 19.1 Å². The second-order valence-corrected chi connectivity index (χ2v) is 7.67. The minimum Gasteiger partial charge on any atom is -0.444 e. The molecule has 1 atom stereocenters. The second kappa shape index (κ2) is 6.99. The molecule has 0 spiro atoms. The number of nitrogens with zero attached hydrogens (tertiary/aromatic N) is 1. The molecule has 1 unspecified atom stereocenters. The van der Waals surface area contributed by atoms with Gasteiger partial charge < -0.3 is 15.0 Å². The molecule has 1 saturated heterocycles. The van der Waals surface area contributed by atoms with E-state index in [1.807, 2.05) is 25.7 Å². The van der Waals surface area contributed by atoms with Crippen molar-refractivity contribution >= 4 is 6.09 Å². The molecule has 0 bridgehead atoms. The van der Waals surface area contributed by atoms with Crippen LogP contribution in [0, 0.1) is 11.8 Å². The summed E-state index contributed by atoms with van der Waals surface area (Å²) in [5.41, 5.74) is -0.395. The predicted molar refractivity (Wildman–Crippen MR) is 85.3 cm³/mol. The average Bonchev–Trinajstić information content (AvgIpc) is 3.23. The number of piperidine rings is 1. The van der Waals surface area contributed by atoms with Gasteiger partial charge in [0.05, 0.1) is 0 Å². The van der Waals surface area contributed by atoms with E-state index in [0.717, 1.165) is 38.4 Å². The van der Waals surface area contributed by atoms with Crippen molar-refractivity contribution in [2.75, 3.05) is 19.6 Å². The van der Waals surface area contributed by atoms with Gasteiger partial charge in [0.1, 0.15) is 5.60 Å². The van der Waals surface area contributed by atoms with Gasteiger partial charge in [-0.1, -0.05) is 6.92 Å². The molecular weight excluding hydrogens is 264 g/mol. The van der Waals surface area contributed by atoms with Crippen molar-refractivity contribution in [3.05, 3.63) is 0 Å². The number of hydrogen-bond acceptors (Lipinski definition) is 3. The molecule has 0 aromatic carbocycles. The molecule has 1 aliphatic heterocycles. The van der Waals surface area contributed by atoms with Crippen molar-refractivity contribution in [2.45, 2.75) is 71.4 Å². The maximum Gasteiger partial charge on any atom is 0.410 e. The SMILES string of the molecule is CCC(NCC1CCN(C(=O)OC(C)(C)C)CC1)C1CC1. The van der Waals surface area contributed by atoms with Crippen molar-refractivity contribution in [1.29, 1.82) is 0 Å². The van der Waals surface area contributed by atoms with Crippen LogP contribution in [0.5, 0.6) is 0 Å². The largest absolute Gasteiger partial charge is 0.444 e. The Hall–Kier alpha value is -0.770. The summed E-state index contributed by atoms with van der Waals surface area (Å²) in [6.45, 7) is 10.8. The number of ether oxygens (including phenoxy) is 1. The van der Waals surface area contributed by atoms with Crippen LogP contribution in [-0.4, -0.2) is 42.3 Å². The van der Waals surface area contributed by atoms with Crippen molar-refractivity contribution in [3.63, 3.8) is 0 Å². The Balaban J connectivity index is 1.67. The third-order valence-corrected chi connectivity index (χ3v) is 4.57. The topological polar surface area (TPSA) is 41.6 Å². The van der Waals surface area contributed by atoms with Crippen LogP contribution < -0.4 is 5.32 Å². The molecule has 4 nitrogen and oxygen atoms in total. The third kappa shape index (κ3) is 5.50. The van der Waals surface area contributed by atoms with Crippen LogP contribution in [0.3, 0.4) is 0 Å². The maximum absolute atomic E-state index is 12.0. The number of carbonyl (C=O) groups is 1. The smallest absolute Gasteiger partial charge is 0.410 e.